The van der Waals surface area contributed by atoms with Crippen molar-refractivity contribution in [2.24, 2.45) is 0 Å². The molecule has 1 rings (SSSR count). The topological polar surface area (TPSA) is 50.4 Å². The second kappa shape index (κ2) is 6.78. The van der Waals surface area contributed by atoms with Crippen LogP contribution in [0, 0.1) is 0 Å². The Kier molecular flexibility index (Phi) is 5.63. The second-order valence-electron chi connectivity index (χ2n) is 5.36. The maximum absolute atomic E-state index is 11.6. The Balaban J connectivity index is 2.49. The maximum Gasteiger partial charge on any atom is 0.234 e. The van der Waals surface area contributed by atoms with Crippen molar-refractivity contribution in [2.45, 2.75) is 32.9 Å². The van der Waals surface area contributed by atoms with Crippen LogP contribution in [0.2, 0.25) is 5.02 Å². The summed E-state index contributed by atoms with van der Waals surface area (Å²) in [6, 6.07) is 5.42. The van der Waals surface area contributed by atoms with Crippen LogP contribution < -0.4 is 15.4 Å². The van der Waals surface area contributed by atoms with E-state index in [2.05, 4.69) is 10.6 Å². The normalized spacial score (nSPS) is 11.2. The highest BCUT2D eigenvalue weighted by Crippen LogP contribution is 2.22. The number of nitrogens with one attached hydrogen (secondary N) is 2. The minimum atomic E-state index is -0.216. The molecule has 19 heavy (non-hydrogen) atoms. The van der Waals surface area contributed by atoms with Crippen molar-refractivity contribution in [3.05, 3.63) is 28.8 Å². The molecule has 1 aromatic rings. The van der Waals surface area contributed by atoms with Gasteiger partial charge in [0.2, 0.25) is 5.91 Å². The highest BCUT2D eigenvalue weighted by Gasteiger charge is 2.13. The third-order valence-corrected chi connectivity index (χ3v) is 2.59. The molecule has 0 bridgehead atoms. The van der Waals surface area contributed by atoms with E-state index in [-0.39, 0.29) is 18.0 Å². The first-order valence-corrected chi connectivity index (χ1v) is 6.54. The van der Waals surface area contributed by atoms with Gasteiger partial charge in [0.1, 0.15) is 5.75 Å². The molecule has 1 amide bonds. The molecule has 0 saturated carbocycles. The molecule has 0 radical (unpaired) electrons. The molecule has 0 heterocycles. The lowest BCUT2D eigenvalue weighted by Gasteiger charge is -2.20. The monoisotopic (exact) mass is 284 g/mol. The molecule has 0 aliphatic rings. The van der Waals surface area contributed by atoms with Crippen molar-refractivity contribution in [3.63, 3.8) is 0 Å². The van der Waals surface area contributed by atoms with Gasteiger partial charge < -0.3 is 15.4 Å². The minimum Gasteiger partial charge on any atom is -0.496 e. The van der Waals surface area contributed by atoms with Crippen LogP contribution in [0.25, 0.3) is 0 Å². The maximum atomic E-state index is 11.6. The fourth-order valence-electron chi connectivity index (χ4n) is 1.66. The van der Waals surface area contributed by atoms with E-state index in [4.69, 9.17) is 16.3 Å². The van der Waals surface area contributed by atoms with Gasteiger partial charge in [-0.05, 0) is 39.0 Å². The van der Waals surface area contributed by atoms with Gasteiger partial charge in [-0.15, -0.1) is 0 Å². The second-order valence-corrected chi connectivity index (χ2v) is 5.79. The molecule has 0 aliphatic carbocycles. The van der Waals surface area contributed by atoms with E-state index in [0.29, 0.717) is 11.6 Å². The predicted molar refractivity (Wildman–Crippen MR) is 77.6 cm³/mol. The molecule has 0 spiro atoms. The third kappa shape index (κ3) is 5.94. The van der Waals surface area contributed by atoms with Crippen LogP contribution in [-0.4, -0.2) is 25.1 Å². The summed E-state index contributed by atoms with van der Waals surface area (Å²) in [6.07, 6.45) is 0. The zero-order valence-corrected chi connectivity index (χ0v) is 12.6. The van der Waals surface area contributed by atoms with Gasteiger partial charge in [-0.25, -0.2) is 0 Å². The molecule has 0 unspecified atom stereocenters. The Morgan fingerprint density at radius 2 is 2.05 bits per heavy atom. The summed E-state index contributed by atoms with van der Waals surface area (Å²) in [4.78, 5) is 11.6. The summed E-state index contributed by atoms with van der Waals surface area (Å²) in [7, 11) is 1.61. The lowest BCUT2D eigenvalue weighted by Crippen LogP contribution is -2.44. The molecule has 4 nitrogen and oxygen atoms in total. The van der Waals surface area contributed by atoms with Crippen LogP contribution in [0.5, 0.6) is 5.75 Å². The van der Waals surface area contributed by atoms with Crippen LogP contribution in [0.4, 0.5) is 0 Å². The van der Waals surface area contributed by atoms with Crippen LogP contribution >= 0.6 is 11.6 Å². The molecule has 0 saturated heterocycles. The Bertz CT molecular complexity index is 442. The van der Waals surface area contributed by atoms with Gasteiger partial charge in [0.15, 0.2) is 0 Å². The van der Waals surface area contributed by atoms with E-state index in [1.165, 1.54) is 0 Å². The molecule has 0 atom stereocenters. The third-order valence-electron chi connectivity index (χ3n) is 2.36. The molecular weight excluding hydrogens is 264 g/mol. The number of methoxy groups -OCH3 is 1. The molecule has 106 valence electrons. The predicted octanol–water partition coefficient (Wildman–Crippen LogP) is 2.35. The SMILES string of the molecule is COc1ccc(Cl)cc1CNCC(=O)NC(C)(C)C. The van der Waals surface area contributed by atoms with E-state index in [1.807, 2.05) is 32.9 Å². The molecule has 2 N–H and O–H groups in total. The van der Waals surface area contributed by atoms with Crippen LogP contribution in [-0.2, 0) is 11.3 Å². The molecule has 0 fully saturated rings. The summed E-state index contributed by atoms with van der Waals surface area (Å²) in [5, 5.41) is 6.61. The minimum absolute atomic E-state index is 0.0338. The number of carbonyl (C=O) groups is 1. The highest BCUT2D eigenvalue weighted by molar-refractivity contribution is 6.30. The van der Waals surface area contributed by atoms with Gasteiger partial charge >= 0.3 is 0 Å². The van der Waals surface area contributed by atoms with E-state index < -0.39 is 0 Å². The zero-order valence-electron chi connectivity index (χ0n) is 11.8. The van der Waals surface area contributed by atoms with Crippen molar-refractivity contribution in [3.8, 4) is 5.75 Å². The lowest BCUT2D eigenvalue weighted by molar-refractivity contribution is -0.121. The first-order valence-electron chi connectivity index (χ1n) is 6.16. The summed E-state index contributed by atoms with van der Waals surface area (Å²) >= 11 is 5.94. The van der Waals surface area contributed by atoms with E-state index >= 15 is 0 Å². The Morgan fingerprint density at radius 1 is 1.37 bits per heavy atom. The number of amides is 1. The van der Waals surface area contributed by atoms with Crippen LogP contribution in [0.15, 0.2) is 18.2 Å². The summed E-state index contributed by atoms with van der Waals surface area (Å²) in [6.45, 7) is 6.63. The van der Waals surface area contributed by atoms with Gasteiger partial charge in [0.05, 0.1) is 13.7 Å². The number of benzene rings is 1. The van der Waals surface area contributed by atoms with Crippen molar-refractivity contribution in [1.82, 2.24) is 10.6 Å². The van der Waals surface area contributed by atoms with Gasteiger partial charge in [0, 0.05) is 22.7 Å². The number of carbonyl (C=O) groups excluding carboxylic acids is 1. The Labute approximate surface area is 119 Å². The summed E-state index contributed by atoms with van der Waals surface area (Å²) in [5.41, 5.74) is 0.713. The molecule has 0 aromatic heterocycles. The van der Waals surface area contributed by atoms with E-state index in [9.17, 15) is 4.79 Å². The van der Waals surface area contributed by atoms with E-state index in [0.717, 1.165) is 11.3 Å². The fraction of sp³-hybridized carbons (Fsp3) is 0.500. The number of hydrogen-bond acceptors (Lipinski definition) is 3. The van der Waals surface area contributed by atoms with E-state index in [1.54, 1.807) is 13.2 Å². The van der Waals surface area contributed by atoms with Crippen LogP contribution in [0.3, 0.4) is 0 Å². The number of hydrogen-bond donors (Lipinski definition) is 2. The van der Waals surface area contributed by atoms with Gasteiger partial charge in [-0.3, -0.25) is 4.79 Å². The standard InChI is InChI=1S/C14H21ClN2O2/c1-14(2,3)17-13(18)9-16-8-10-7-11(15)5-6-12(10)19-4/h5-7,16H,8-9H2,1-4H3,(H,17,18). The zero-order chi connectivity index (χ0) is 14.5. The fourth-order valence-corrected chi connectivity index (χ4v) is 1.85. The van der Waals surface area contributed by atoms with Gasteiger partial charge in [-0.1, -0.05) is 11.6 Å². The average molecular weight is 285 g/mol. The van der Waals surface area contributed by atoms with Crippen LogP contribution in [0.1, 0.15) is 26.3 Å². The first kappa shape index (κ1) is 15.8. The number of halogens is 1. The average Bonchev–Trinajstić information content (AvgIpc) is 2.27. The van der Waals surface area contributed by atoms with Crippen molar-refractivity contribution < 1.29 is 9.53 Å². The number of rotatable bonds is 5. The largest absolute Gasteiger partial charge is 0.496 e. The quantitative estimate of drug-likeness (QED) is 0.873. The van der Waals surface area contributed by atoms with Crippen molar-refractivity contribution >= 4 is 17.5 Å². The first-order chi connectivity index (χ1) is 8.81. The smallest absolute Gasteiger partial charge is 0.234 e. The van der Waals surface area contributed by atoms with Gasteiger partial charge in [-0.2, -0.15) is 0 Å². The van der Waals surface area contributed by atoms with Gasteiger partial charge in [0.25, 0.3) is 0 Å². The summed E-state index contributed by atoms with van der Waals surface area (Å²) < 4.78 is 5.24. The number of ether oxygens (including phenoxy) is 1. The molecular formula is C14H21ClN2O2. The Morgan fingerprint density at radius 3 is 2.63 bits per heavy atom. The lowest BCUT2D eigenvalue weighted by atomic mass is 10.1. The van der Waals surface area contributed by atoms with Crippen molar-refractivity contribution in [2.75, 3.05) is 13.7 Å². The van der Waals surface area contributed by atoms with Crippen molar-refractivity contribution in [1.29, 1.82) is 0 Å². The Hall–Kier alpha value is -1.26. The molecule has 1 aromatic carbocycles. The highest BCUT2D eigenvalue weighted by atomic mass is 35.5. The molecule has 5 heteroatoms. The molecule has 0 aliphatic heterocycles. The summed E-state index contributed by atoms with van der Waals surface area (Å²) in [5.74, 6) is 0.724.